The fraction of sp³-hybridized carbons (Fsp3) is 0.250. The molecule has 1 aliphatic heterocycles. The van der Waals surface area contributed by atoms with E-state index >= 15 is 0 Å². The number of alkyl halides is 3. The molecule has 30 heavy (non-hydrogen) atoms. The molecule has 0 saturated carbocycles. The molecule has 0 aliphatic carbocycles. The number of amides is 2. The Morgan fingerprint density at radius 1 is 0.933 bits per heavy atom. The third kappa shape index (κ3) is 4.25. The Kier molecular flexibility index (Phi) is 5.38. The maximum absolute atomic E-state index is 13.6. The van der Waals surface area contributed by atoms with Gasteiger partial charge in [-0.05, 0) is 36.4 Å². The first-order valence-corrected chi connectivity index (χ1v) is 9.59. The van der Waals surface area contributed by atoms with E-state index in [-0.39, 0.29) is 43.5 Å². The van der Waals surface area contributed by atoms with Crippen LogP contribution in [0.3, 0.4) is 0 Å². The van der Waals surface area contributed by atoms with Crippen molar-refractivity contribution in [2.75, 3.05) is 36.4 Å². The lowest BCUT2D eigenvalue weighted by Crippen LogP contribution is -2.50. The predicted octanol–water partition coefficient (Wildman–Crippen LogP) is 4.66. The summed E-state index contributed by atoms with van der Waals surface area (Å²) in [5, 5.41) is 3.31. The summed E-state index contributed by atoms with van der Waals surface area (Å²) in [5.74, 6) is -0.209. The molecule has 2 amide bonds. The first-order valence-electron chi connectivity index (χ1n) is 9.22. The SMILES string of the molecule is O=C(Nc1ccc(Cl)cc1)N1CCN(c2nc3ccccc3nc2C(F)(F)F)CC1. The Hall–Kier alpha value is -3.07. The monoisotopic (exact) mass is 435 g/mol. The lowest BCUT2D eigenvalue weighted by Gasteiger charge is -2.36. The minimum atomic E-state index is -4.63. The normalized spacial score (nSPS) is 14.8. The van der Waals surface area contributed by atoms with Crippen LogP contribution in [0.1, 0.15) is 5.69 Å². The minimum Gasteiger partial charge on any atom is -0.351 e. The Balaban J connectivity index is 1.50. The van der Waals surface area contributed by atoms with Gasteiger partial charge in [0.1, 0.15) is 0 Å². The van der Waals surface area contributed by atoms with Gasteiger partial charge >= 0.3 is 12.2 Å². The highest BCUT2D eigenvalue weighted by atomic mass is 35.5. The maximum Gasteiger partial charge on any atom is 0.437 e. The molecular formula is C20H17ClF3N5O. The Morgan fingerprint density at radius 3 is 2.13 bits per heavy atom. The third-order valence-corrected chi connectivity index (χ3v) is 5.03. The van der Waals surface area contributed by atoms with Gasteiger partial charge in [-0.25, -0.2) is 14.8 Å². The van der Waals surface area contributed by atoms with Crippen LogP contribution in [0.5, 0.6) is 0 Å². The molecule has 6 nitrogen and oxygen atoms in total. The molecule has 1 fully saturated rings. The van der Waals surface area contributed by atoms with E-state index in [1.165, 1.54) is 11.0 Å². The highest BCUT2D eigenvalue weighted by Crippen LogP contribution is 2.35. The first kappa shape index (κ1) is 20.2. The molecule has 2 heterocycles. The van der Waals surface area contributed by atoms with Gasteiger partial charge in [-0.3, -0.25) is 0 Å². The number of fused-ring (bicyclic) bond motifs is 1. The Bertz CT molecular complexity index is 1070. The van der Waals surface area contributed by atoms with Crippen molar-refractivity contribution in [2.24, 2.45) is 0 Å². The van der Waals surface area contributed by atoms with Crippen LogP contribution in [0.25, 0.3) is 11.0 Å². The maximum atomic E-state index is 13.6. The fourth-order valence-corrected chi connectivity index (χ4v) is 3.38. The number of halogens is 4. The Morgan fingerprint density at radius 2 is 1.53 bits per heavy atom. The van der Waals surface area contributed by atoms with E-state index in [2.05, 4.69) is 15.3 Å². The molecule has 0 unspecified atom stereocenters. The average Bonchev–Trinajstić information content (AvgIpc) is 2.74. The number of carbonyl (C=O) groups excluding carboxylic acids is 1. The van der Waals surface area contributed by atoms with Crippen molar-refractivity contribution in [3.8, 4) is 0 Å². The molecule has 1 aromatic heterocycles. The zero-order chi connectivity index (χ0) is 21.3. The summed E-state index contributed by atoms with van der Waals surface area (Å²) >= 11 is 5.83. The average molecular weight is 436 g/mol. The van der Waals surface area contributed by atoms with E-state index in [1.807, 2.05) is 0 Å². The highest BCUT2D eigenvalue weighted by Gasteiger charge is 2.39. The van der Waals surface area contributed by atoms with Crippen LogP contribution in [0.15, 0.2) is 48.5 Å². The summed E-state index contributed by atoms with van der Waals surface area (Å²) in [6, 6.07) is 12.8. The van der Waals surface area contributed by atoms with E-state index in [0.717, 1.165) is 0 Å². The molecule has 2 aromatic carbocycles. The van der Waals surface area contributed by atoms with Gasteiger partial charge in [-0.1, -0.05) is 23.7 Å². The van der Waals surface area contributed by atoms with Crippen LogP contribution in [0.4, 0.5) is 29.5 Å². The lowest BCUT2D eigenvalue weighted by atomic mass is 10.2. The Labute approximate surface area is 175 Å². The van der Waals surface area contributed by atoms with Crippen LogP contribution < -0.4 is 10.2 Å². The van der Waals surface area contributed by atoms with Gasteiger partial charge in [-0.2, -0.15) is 13.2 Å². The van der Waals surface area contributed by atoms with Gasteiger partial charge in [-0.15, -0.1) is 0 Å². The summed E-state index contributed by atoms with van der Waals surface area (Å²) in [5.41, 5.74) is 0.157. The van der Waals surface area contributed by atoms with Crippen LogP contribution in [0.2, 0.25) is 5.02 Å². The number of benzene rings is 2. The molecule has 0 radical (unpaired) electrons. The zero-order valence-corrected chi connectivity index (χ0v) is 16.4. The molecule has 1 saturated heterocycles. The van der Waals surface area contributed by atoms with Crippen molar-refractivity contribution in [2.45, 2.75) is 6.18 Å². The second kappa shape index (κ2) is 7.98. The number of nitrogens with zero attached hydrogens (tertiary/aromatic N) is 4. The number of carbonyl (C=O) groups is 1. The smallest absolute Gasteiger partial charge is 0.351 e. The molecule has 156 valence electrons. The quantitative estimate of drug-likeness (QED) is 0.636. The molecular weight excluding hydrogens is 419 g/mol. The second-order valence-corrected chi connectivity index (χ2v) is 7.23. The standard InChI is InChI=1S/C20H17ClF3N5O/c21-13-5-7-14(8-6-13)25-19(30)29-11-9-28(10-12-29)18-17(20(22,23)24)26-15-3-1-2-4-16(15)27-18/h1-8H,9-12H2,(H,25,30). The molecule has 10 heteroatoms. The molecule has 4 rings (SSSR count). The van der Waals surface area contributed by atoms with Crippen LogP contribution in [-0.4, -0.2) is 47.1 Å². The number of rotatable bonds is 2. The molecule has 3 aromatic rings. The van der Waals surface area contributed by atoms with E-state index in [4.69, 9.17) is 11.6 Å². The first-order chi connectivity index (χ1) is 14.3. The number of hydrogen-bond acceptors (Lipinski definition) is 4. The van der Waals surface area contributed by atoms with Crippen molar-refractivity contribution < 1.29 is 18.0 Å². The van der Waals surface area contributed by atoms with Crippen molar-refractivity contribution in [3.63, 3.8) is 0 Å². The molecule has 1 N–H and O–H groups in total. The third-order valence-electron chi connectivity index (χ3n) is 4.78. The van der Waals surface area contributed by atoms with E-state index in [0.29, 0.717) is 16.2 Å². The predicted molar refractivity (Wildman–Crippen MR) is 109 cm³/mol. The molecule has 0 spiro atoms. The summed E-state index contributed by atoms with van der Waals surface area (Å²) in [6.45, 7) is 0.935. The number of hydrogen-bond donors (Lipinski definition) is 1. The fourth-order valence-electron chi connectivity index (χ4n) is 3.26. The number of para-hydroxylation sites is 2. The van der Waals surface area contributed by atoms with Crippen LogP contribution in [-0.2, 0) is 6.18 Å². The highest BCUT2D eigenvalue weighted by molar-refractivity contribution is 6.30. The summed E-state index contributed by atoms with van der Waals surface area (Å²) < 4.78 is 40.8. The largest absolute Gasteiger partial charge is 0.437 e. The summed E-state index contributed by atoms with van der Waals surface area (Å²) in [7, 11) is 0. The van der Waals surface area contributed by atoms with Crippen molar-refractivity contribution in [1.29, 1.82) is 0 Å². The van der Waals surface area contributed by atoms with E-state index in [1.54, 1.807) is 47.4 Å². The van der Waals surface area contributed by atoms with Gasteiger partial charge in [0.25, 0.3) is 0 Å². The van der Waals surface area contributed by atoms with Crippen molar-refractivity contribution >= 4 is 40.2 Å². The number of aromatic nitrogens is 2. The lowest BCUT2D eigenvalue weighted by molar-refractivity contribution is -0.140. The summed E-state index contributed by atoms with van der Waals surface area (Å²) in [6.07, 6.45) is -4.63. The number of piperazine rings is 1. The second-order valence-electron chi connectivity index (χ2n) is 6.79. The number of nitrogens with one attached hydrogen (secondary N) is 1. The van der Waals surface area contributed by atoms with Gasteiger partial charge in [0.2, 0.25) is 0 Å². The van der Waals surface area contributed by atoms with Gasteiger partial charge in [0.15, 0.2) is 11.5 Å². The zero-order valence-electron chi connectivity index (χ0n) is 15.7. The molecule has 0 bridgehead atoms. The number of urea groups is 1. The molecule has 1 aliphatic rings. The summed E-state index contributed by atoms with van der Waals surface area (Å²) in [4.78, 5) is 23.6. The van der Waals surface area contributed by atoms with Crippen LogP contribution in [0, 0.1) is 0 Å². The van der Waals surface area contributed by atoms with Gasteiger partial charge in [0, 0.05) is 36.9 Å². The van der Waals surface area contributed by atoms with E-state index < -0.39 is 11.9 Å². The van der Waals surface area contributed by atoms with Gasteiger partial charge < -0.3 is 15.1 Å². The van der Waals surface area contributed by atoms with Crippen molar-refractivity contribution in [3.05, 3.63) is 59.2 Å². The minimum absolute atomic E-state index is 0.189. The topological polar surface area (TPSA) is 61.4 Å². The van der Waals surface area contributed by atoms with Crippen LogP contribution >= 0.6 is 11.6 Å². The van der Waals surface area contributed by atoms with Gasteiger partial charge in [0.05, 0.1) is 11.0 Å². The van der Waals surface area contributed by atoms with Crippen molar-refractivity contribution in [1.82, 2.24) is 14.9 Å². The number of anilines is 2. The van der Waals surface area contributed by atoms with E-state index in [9.17, 15) is 18.0 Å². The molecule has 0 atom stereocenters.